The van der Waals surface area contributed by atoms with Crippen LogP contribution in [0.4, 0.5) is 18.9 Å². The highest BCUT2D eigenvalue weighted by Crippen LogP contribution is 2.38. The zero-order valence-electron chi connectivity index (χ0n) is 17.1. The molecule has 0 spiro atoms. The number of aromatic nitrogens is 1. The lowest BCUT2D eigenvalue weighted by molar-refractivity contribution is -0.136. The number of hydrogen-bond donors (Lipinski definition) is 1. The molecule has 1 amide bonds. The van der Waals surface area contributed by atoms with Crippen LogP contribution in [0.3, 0.4) is 0 Å². The summed E-state index contributed by atoms with van der Waals surface area (Å²) in [6.07, 6.45) is -3.24. The van der Waals surface area contributed by atoms with Gasteiger partial charge in [-0.15, -0.1) is 0 Å². The molecule has 32 heavy (non-hydrogen) atoms. The molecule has 1 heterocycles. The Morgan fingerprint density at radius 1 is 1.00 bits per heavy atom. The fourth-order valence-electron chi connectivity index (χ4n) is 3.65. The van der Waals surface area contributed by atoms with Crippen molar-refractivity contribution in [1.29, 1.82) is 0 Å². The molecule has 1 N–H and O–H groups in total. The van der Waals surface area contributed by atoms with Gasteiger partial charge in [0, 0.05) is 23.3 Å². The van der Waals surface area contributed by atoms with E-state index in [4.69, 9.17) is 4.74 Å². The summed E-state index contributed by atoms with van der Waals surface area (Å²) in [6, 6.07) is 19.9. The lowest BCUT2D eigenvalue weighted by atomic mass is 9.93. The molecule has 4 aromatic rings. The predicted molar refractivity (Wildman–Crippen MR) is 118 cm³/mol. The van der Waals surface area contributed by atoms with Gasteiger partial charge in [-0.25, -0.2) is 0 Å². The first-order chi connectivity index (χ1) is 15.4. The van der Waals surface area contributed by atoms with Crippen LogP contribution in [-0.4, -0.2) is 18.0 Å². The number of methoxy groups -OCH3 is 1. The van der Waals surface area contributed by atoms with Gasteiger partial charge in [-0.2, -0.15) is 13.2 Å². The van der Waals surface area contributed by atoms with Crippen LogP contribution in [-0.2, 0) is 17.4 Å². The Labute approximate surface area is 182 Å². The SMILES string of the molecule is COc1cccc(NC(=O)Cc2cnc3c(C(F)(F)F)cccc3c2-c2ccccc2)c1. The van der Waals surface area contributed by atoms with Crippen LogP contribution in [0.25, 0.3) is 22.0 Å². The number of halogens is 3. The number of fused-ring (bicyclic) bond motifs is 1. The molecular formula is C25H19F3N2O2. The van der Waals surface area contributed by atoms with Crippen molar-refractivity contribution < 1.29 is 22.7 Å². The number of anilines is 1. The first kappa shape index (κ1) is 21.4. The molecule has 0 unspecified atom stereocenters. The van der Waals surface area contributed by atoms with E-state index < -0.39 is 11.7 Å². The van der Waals surface area contributed by atoms with E-state index in [0.717, 1.165) is 6.07 Å². The quantitative estimate of drug-likeness (QED) is 0.411. The zero-order valence-corrected chi connectivity index (χ0v) is 17.1. The van der Waals surface area contributed by atoms with Crippen molar-refractivity contribution >= 4 is 22.5 Å². The van der Waals surface area contributed by atoms with Gasteiger partial charge in [-0.3, -0.25) is 9.78 Å². The summed E-state index contributed by atoms with van der Waals surface area (Å²) in [7, 11) is 1.53. The first-order valence-corrected chi connectivity index (χ1v) is 9.84. The Hall–Kier alpha value is -3.87. The van der Waals surface area contributed by atoms with E-state index in [2.05, 4.69) is 10.3 Å². The number of carbonyl (C=O) groups is 1. The van der Waals surface area contributed by atoms with Gasteiger partial charge in [0.1, 0.15) is 5.75 Å². The summed E-state index contributed by atoms with van der Waals surface area (Å²) in [5, 5.41) is 3.15. The van der Waals surface area contributed by atoms with E-state index in [-0.39, 0.29) is 17.8 Å². The van der Waals surface area contributed by atoms with Crippen molar-refractivity contribution in [2.75, 3.05) is 12.4 Å². The Balaban J connectivity index is 1.78. The largest absolute Gasteiger partial charge is 0.497 e. The monoisotopic (exact) mass is 436 g/mol. The van der Waals surface area contributed by atoms with E-state index in [0.29, 0.717) is 33.5 Å². The molecular weight excluding hydrogens is 417 g/mol. The Bertz CT molecular complexity index is 1270. The van der Waals surface area contributed by atoms with Gasteiger partial charge in [0.15, 0.2) is 0 Å². The molecule has 0 aliphatic carbocycles. The summed E-state index contributed by atoms with van der Waals surface area (Å²) in [4.78, 5) is 16.9. The van der Waals surface area contributed by atoms with Gasteiger partial charge in [0.05, 0.1) is 24.6 Å². The second-order valence-corrected chi connectivity index (χ2v) is 7.18. The molecule has 0 saturated heterocycles. The number of alkyl halides is 3. The topological polar surface area (TPSA) is 51.2 Å². The lowest BCUT2D eigenvalue weighted by Gasteiger charge is -2.16. The molecule has 0 radical (unpaired) electrons. The molecule has 0 saturated carbocycles. The smallest absolute Gasteiger partial charge is 0.418 e. The number of rotatable bonds is 5. The highest BCUT2D eigenvalue weighted by atomic mass is 19.4. The number of amides is 1. The maximum absolute atomic E-state index is 13.6. The van der Waals surface area contributed by atoms with Gasteiger partial charge in [-0.1, -0.05) is 48.5 Å². The Morgan fingerprint density at radius 2 is 1.75 bits per heavy atom. The lowest BCUT2D eigenvalue weighted by Crippen LogP contribution is -2.15. The molecule has 0 aliphatic rings. The van der Waals surface area contributed by atoms with Crippen LogP contribution in [0.15, 0.2) is 79.0 Å². The van der Waals surface area contributed by atoms with E-state index >= 15 is 0 Å². The minimum atomic E-state index is -4.54. The van der Waals surface area contributed by atoms with Gasteiger partial charge < -0.3 is 10.1 Å². The third-order valence-corrected chi connectivity index (χ3v) is 5.05. The molecule has 0 fully saturated rings. The summed E-state index contributed by atoms with van der Waals surface area (Å²) < 4.78 is 45.8. The first-order valence-electron chi connectivity index (χ1n) is 9.84. The number of carbonyl (C=O) groups excluding carboxylic acids is 1. The van der Waals surface area contributed by atoms with Gasteiger partial charge >= 0.3 is 6.18 Å². The van der Waals surface area contributed by atoms with Crippen LogP contribution in [0.1, 0.15) is 11.1 Å². The standard InChI is InChI=1S/C25H19F3N2O2/c1-32-19-10-5-9-18(14-19)30-22(31)13-17-15-29-24-20(11-6-12-21(24)25(26,27)28)23(17)16-7-3-2-4-8-16/h2-12,14-15H,13H2,1H3,(H,30,31). The second kappa shape index (κ2) is 8.70. The molecule has 4 nitrogen and oxygen atoms in total. The number of ether oxygens (including phenoxy) is 1. The maximum atomic E-state index is 13.6. The van der Waals surface area contributed by atoms with Crippen LogP contribution in [0.5, 0.6) is 5.75 Å². The van der Waals surface area contributed by atoms with Crippen molar-refractivity contribution in [1.82, 2.24) is 4.98 Å². The van der Waals surface area contributed by atoms with Crippen LogP contribution >= 0.6 is 0 Å². The molecule has 7 heteroatoms. The summed E-state index contributed by atoms with van der Waals surface area (Å²) in [6.45, 7) is 0. The number of para-hydroxylation sites is 1. The minimum Gasteiger partial charge on any atom is -0.497 e. The summed E-state index contributed by atoms with van der Waals surface area (Å²) >= 11 is 0. The molecule has 0 aliphatic heterocycles. The van der Waals surface area contributed by atoms with Crippen molar-refractivity contribution in [2.24, 2.45) is 0 Å². The van der Waals surface area contributed by atoms with Crippen LogP contribution in [0, 0.1) is 0 Å². The fourth-order valence-corrected chi connectivity index (χ4v) is 3.65. The van der Waals surface area contributed by atoms with Crippen molar-refractivity contribution in [2.45, 2.75) is 12.6 Å². The average molecular weight is 436 g/mol. The third-order valence-electron chi connectivity index (χ3n) is 5.05. The minimum absolute atomic E-state index is 0.0549. The molecule has 3 aromatic carbocycles. The van der Waals surface area contributed by atoms with E-state index in [1.165, 1.54) is 19.4 Å². The summed E-state index contributed by atoms with van der Waals surface area (Å²) in [5.74, 6) is 0.281. The number of nitrogens with zero attached hydrogens (tertiary/aromatic N) is 1. The Kier molecular flexibility index (Phi) is 5.81. The van der Waals surface area contributed by atoms with Gasteiger partial charge in [0.2, 0.25) is 5.91 Å². The second-order valence-electron chi connectivity index (χ2n) is 7.18. The number of benzene rings is 3. The predicted octanol–water partition coefficient (Wildman–Crippen LogP) is 6.11. The molecule has 162 valence electrons. The fraction of sp³-hybridized carbons (Fsp3) is 0.120. The van der Waals surface area contributed by atoms with Crippen LogP contribution < -0.4 is 10.1 Å². The van der Waals surface area contributed by atoms with Gasteiger partial charge in [0.25, 0.3) is 0 Å². The van der Waals surface area contributed by atoms with E-state index in [9.17, 15) is 18.0 Å². The average Bonchev–Trinajstić information content (AvgIpc) is 2.78. The summed E-state index contributed by atoms with van der Waals surface area (Å²) in [5.41, 5.74) is 1.41. The van der Waals surface area contributed by atoms with E-state index in [1.807, 2.05) is 6.07 Å². The van der Waals surface area contributed by atoms with Crippen molar-refractivity contribution in [3.8, 4) is 16.9 Å². The van der Waals surface area contributed by atoms with E-state index in [1.54, 1.807) is 54.6 Å². The van der Waals surface area contributed by atoms with Crippen molar-refractivity contribution in [3.63, 3.8) is 0 Å². The highest BCUT2D eigenvalue weighted by molar-refractivity contribution is 6.00. The number of hydrogen-bond acceptors (Lipinski definition) is 3. The number of nitrogens with one attached hydrogen (secondary N) is 1. The molecule has 0 atom stereocenters. The zero-order chi connectivity index (χ0) is 22.7. The molecule has 4 rings (SSSR count). The molecule has 0 bridgehead atoms. The normalized spacial score (nSPS) is 11.4. The maximum Gasteiger partial charge on any atom is 0.418 e. The molecule has 1 aromatic heterocycles. The Morgan fingerprint density at radius 3 is 2.47 bits per heavy atom. The number of pyridine rings is 1. The highest BCUT2D eigenvalue weighted by Gasteiger charge is 2.33. The van der Waals surface area contributed by atoms with Crippen LogP contribution in [0.2, 0.25) is 0 Å². The van der Waals surface area contributed by atoms with Gasteiger partial charge in [-0.05, 0) is 34.9 Å². The third kappa shape index (κ3) is 4.42. The van der Waals surface area contributed by atoms with Crippen molar-refractivity contribution in [3.05, 3.63) is 90.1 Å².